The number of amides is 1. The lowest BCUT2D eigenvalue weighted by atomic mass is 9.95. The number of nitrogens with zero attached hydrogens (tertiary/aromatic N) is 1. The predicted molar refractivity (Wildman–Crippen MR) is 134 cm³/mol. The second-order valence-electron chi connectivity index (χ2n) is 7.79. The number of anilines is 1. The maximum absolute atomic E-state index is 12.1. The molecule has 154 valence electrons. The molecule has 0 saturated carbocycles. The van der Waals surface area contributed by atoms with E-state index in [-0.39, 0.29) is 5.91 Å². The lowest BCUT2D eigenvalue weighted by Gasteiger charge is -2.32. The van der Waals surface area contributed by atoms with Crippen LogP contribution in [0, 0.1) is 0 Å². The fourth-order valence-corrected chi connectivity index (χ4v) is 5.28. The summed E-state index contributed by atoms with van der Waals surface area (Å²) in [7, 11) is 0. The molecule has 3 nitrogen and oxygen atoms in total. The molecule has 5 rings (SSSR count). The molecule has 3 aromatic rings. The summed E-state index contributed by atoms with van der Waals surface area (Å²) in [4.78, 5) is 15.2. The number of benzene rings is 3. The van der Waals surface area contributed by atoms with Crippen LogP contribution in [0.5, 0.6) is 0 Å². The van der Waals surface area contributed by atoms with Gasteiger partial charge in [0, 0.05) is 18.8 Å². The molecule has 0 aliphatic carbocycles. The zero-order valence-corrected chi connectivity index (χ0v) is 18.6. The Morgan fingerprint density at radius 1 is 0.968 bits per heavy atom. The van der Waals surface area contributed by atoms with Gasteiger partial charge in [-0.05, 0) is 52.8 Å². The molecule has 0 spiro atoms. The van der Waals surface area contributed by atoms with Gasteiger partial charge in [0.05, 0.1) is 4.91 Å². The molecule has 3 aromatic carbocycles. The van der Waals surface area contributed by atoms with E-state index in [1.54, 1.807) is 0 Å². The van der Waals surface area contributed by atoms with Crippen molar-refractivity contribution in [3.8, 4) is 11.1 Å². The summed E-state index contributed by atoms with van der Waals surface area (Å²) in [5.74, 6) is -0.0984. The van der Waals surface area contributed by atoms with Crippen LogP contribution in [-0.2, 0) is 17.8 Å². The smallest absolute Gasteiger partial charge is 0.263 e. The van der Waals surface area contributed by atoms with E-state index < -0.39 is 0 Å². The van der Waals surface area contributed by atoms with E-state index in [2.05, 4.69) is 76.9 Å². The summed E-state index contributed by atoms with van der Waals surface area (Å²) in [6.07, 6.45) is 4.11. The van der Waals surface area contributed by atoms with Gasteiger partial charge in [-0.2, -0.15) is 0 Å². The van der Waals surface area contributed by atoms with Crippen LogP contribution >= 0.6 is 24.0 Å². The van der Waals surface area contributed by atoms with Gasteiger partial charge in [-0.3, -0.25) is 4.79 Å². The molecule has 0 aromatic heterocycles. The minimum Gasteiger partial charge on any atom is -0.367 e. The Balaban J connectivity index is 1.39. The first-order chi connectivity index (χ1) is 15.2. The number of nitrogens with one attached hydrogen (secondary N) is 1. The normalized spacial score (nSPS) is 17.0. The topological polar surface area (TPSA) is 32.3 Å². The number of rotatable bonds is 4. The van der Waals surface area contributed by atoms with Gasteiger partial charge < -0.3 is 10.2 Å². The average molecular weight is 443 g/mol. The monoisotopic (exact) mass is 442 g/mol. The Morgan fingerprint density at radius 2 is 1.74 bits per heavy atom. The van der Waals surface area contributed by atoms with Crippen molar-refractivity contribution in [2.45, 2.75) is 19.4 Å². The lowest BCUT2D eigenvalue weighted by molar-refractivity contribution is -0.115. The molecule has 0 radical (unpaired) electrons. The lowest BCUT2D eigenvalue weighted by Crippen LogP contribution is -2.29. The number of hydrogen-bond acceptors (Lipinski definition) is 4. The van der Waals surface area contributed by atoms with Gasteiger partial charge in [0.1, 0.15) is 4.32 Å². The molecule has 0 unspecified atom stereocenters. The number of carbonyl (C=O) groups is 1. The summed E-state index contributed by atoms with van der Waals surface area (Å²) in [6.45, 7) is 1.91. The Labute approximate surface area is 192 Å². The summed E-state index contributed by atoms with van der Waals surface area (Å²) >= 11 is 6.46. The van der Waals surface area contributed by atoms with E-state index in [9.17, 15) is 4.79 Å². The van der Waals surface area contributed by atoms with Crippen LogP contribution in [-0.4, -0.2) is 16.8 Å². The van der Waals surface area contributed by atoms with Crippen molar-refractivity contribution in [2.75, 3.05) is 11.4 Å². The quantitative estimate of drug-likeness (QED) is 0.409. The van der Waals surface area contributed by atoms with Crippen molar-refractivity contribution < 1.29 is 4.79 Å². The highest BCUT2D eigenvalue weighted by molar-refractivity contribution is 8.26. The highest BCUT2D eigenvalue weighted by atomic mass is 32.2. The molecule has 1 fully saturated rings. The van der Waals surface area contributed by atoms with Crippen LogP contribution in [0.2, 0.25) is 0 Å². The molecule has 0 atom stereocenters. The van der Waals surface area contributed by atoms with Crippen LogP contribution in [0.4, 0.5) is 5.69 Å². The first kappa shape index (κ1) is 20.0. The number of fused-ring (bicyclic) bond motifs is 1. The van der Waals surface area contributed by atoms with Gasteiger partial charge in [-0.1, -0.05) is 90.7 Å². The van der Waals surface area contributed by atoms with Crippen LogP contribution in [0.1, 0.15) is 23.1 Å². The van der Waals surface area contributed by atoms with Gasteiger partial charge in [0.15, 0.2) is 0 Å². The molecule has 1 amide bonds. The summed E-state index contributed by atoms with van der Waals surface area (Å²) < 4.78 is 0.529. The van der Waals surface area contributed by atoms with Crippen molar-refractivity contribution >= 4 is 46.0 Å². The molecule has 1 saturated heterocycles. The van der Waals surface area contributed by atoms with E-state index in [0.717, 1.165) is 31.5 Å². The van der Waals surface area contributed by atoms with Crippen LogP contribution in [0.25, 0.3) is 17.2 Å². The maximum atomic E-state index is 12.1. The number of thioether (sulfide) groups is 1. The zero-order valence-electron chi connectivity index (χ0n) is 17.0. The van der Waals surface area contributed by atoms with Crippen LogP contribution in [0.3, 0.4) is 0 Å². The molecule has 31 heavy (non-hydrogen) atoms. The summed E-state index contributed by atoms with van der Waals surface area (Å²) in [6, 6.07) is 25.7. The highest BCUT2D eigenvalue weighted by Crippen LogP contribution is 2.34. The van der Waals surface area contributed by atoms with Crippen molar-refractivity contribution in [1.82, 2.24) is 5.32 Å². The van der Waals surface area contributed by atoms with Crippen molar-refractivity contribution in [2.24, 2.45) is 0 Å². The summed E-state index contributed by atoms with van der Waals surface area (Å²) in [5.41, 5.74) is 7.47. The standard InChI is InChI=1S/C26H22N2OS2/c29-25-24(31-26(30)27-25)16-21-8-4-10-23-22(21)9-5-15-28(23)17-18-11-13-20(14-12-18)19-6-2-1-3-7-19/h1-4,6-8,10-14,16H,5,9,15,17H2,(H,27,29,30). The Morgan fingerprint density at radius 3 is 2.48 bits per heavy atom. The maximum Gasteiger partial charge on any atom is 0.263 e. The average Bonchev–Trinajstić information content (AvgIpc) is 3.12. The molecule has 2 aliphatic rings. The third kappa shape index (κ3) is 4.29. The van der Waals surface area contributed by atoms with Gasteiger partial charge in [-0.25, -0.2) is 0 Å². The predicted octanol–water partition coefficient (Wildman–Crippen LogP) is 5.80. The van der Waals surface area contributed by atoms with Gasteiger partial charge in [0.25, 0.3) is 5.91 Å². The third-order valence-electron chi connectivity index (χ3n) is 5.75. The Bertz CT molecular complexity index is 1170. The molecule has 2 aliphatic heterocycles. The number of hydrogen-bond donors (Lipinski definition) is 1. The van der Waals surface area contributed by atoms with Crippen molar-refractivity contribution in [3.05, 3.63) is 94.4 Å². The molecular formula is C26H22N2OS2. The Hall–Kier alpha value is -2.89. The molecule has 1 N–H and O–H groups in total. The first-order valence-electron chi connectivity index (χ1n) is 10.4. The largest absolute Gasteiger partial charge is 0.367 e. The van der Waals surface area contributed by atoms with Crippen LogP contribution in [0.15, 0.2) is 77.7 Å². The van der Waals surface area contributed by atoms with Gasteiger partial charge >= 0.3 is 0 Å². The molecular weight excluding hydrogens is 420 g/mol. The molecule has 2 heterocycles. The molecule has 0 bridgehead atoms. The highest BCUT2D eigenvalue weighted by Gasteiger charge is 2.24. The van der Waals surface area contributed by atoms with E-state index in [1.807, 2.05) is 12.1 Å². The van der Waals surface area contributed by atoms with E-state index in [0.29, 0.717) is 9.23 Å². The third-order valence-corrected chi connectivity index (χ3v) is 6.91. The fraction of sp³-hybridized carbons (Fsp3) is 0.154. The van der Waals surface area contributed by atoms with Gasteiger partial charge in [-0.15, -0.1) is 0 Å². The second kappa shape index (κ2) is 8.69. The SMILES string of the molecule is O=C1NC(=S)SC1=Cc1cccc2c1CCCN2Cc1ccc(-c2ccccc2)cc1. The number of thiocarbonyl (C=S) groups is 1. The minimum absolute atomic E-state index is 0.0984. The minimum atomic E-state index is -0.0984. The number of carbonyl (C=O) groups excluding carboxylic acids is 1. The summed E-state index contributed by atoms with van der Waals surface area (Å²) in [5, 5.41) is 2.70. The van der Waals surface area contributed by atoms with Gasteiger partial charge in [0.2, 0.25) is 0 Å². The van der Waals surface area contributed by atoms with E-state index in [4.69, 9.17) is 12.2 Å². The van der Waals surface area contributed by atoms with Crippen molar-refractivity contribution in [1.29, 1.82) is 0 Å². The van der Waals surface area contributed by atoms with E-state index >= 15 is 0 Å². The molecule has 5 heteroatoms. The zero-order chi connectivity index (χ0) is 21.2. The van der Waals surface area contributed by atoms with Crippen LogP contribution < -0.4 is 10.2 Å². The van der Waals surface area contributed by atoms with E-state index in [1.165, 1.54) is 39.7 Å². The second-order valence-corrected chi connectivity index (χ2v) is 9.50. The van der Waals surface area contributed by atoms with Crippen molar-refractivity contribution in [3.63, 3.8) is 0 Å². The fourth-order valence-electron chi connectivity index (χ4n) is 4.24. The Kier molecular flexibility index (Phi) is 5.62. The first-order valence-corrected chi connectivity index (χ1v) is 11.7.